The first-order valence-electron chi connectivity index (χ1n) is 11.4. The maximum absolute atomic E-state index is 12.5. The van der Waals surface area contributed by atoms with Gasteiger partial charge in [-0.1, -0.05) is 6.07 Å². The summed E-state index contributed by atoms with van der Waals surface area (Å²) in [6.07, 6.45) is 5.65. The van der Waals surface area contributed by atoms with Gasteiger partial charge in [-0.3, -0.25) is 9.58 Å². The van der Waals surface area contributed by atoms with Crippen LogP contribution in [0.2, 0.25) is 0 Å². The molecule has 0 amide bonds. The minimum atomic E-state index is -0.869. The molecule has 30 heavy (non-hydrogen) atoms. The maximum atomic E-state index is 12.5. The molecule has 2 bridgehead atoms. The highest BCUT2D eigenvalue weighted by molar-refractivity contribution is 5.52. The van der Waals surface area contributed by atoms with E-state index in [9.17, 15) is 15.3 Å². The number of benzene rings is 1. The van der Waals surface area contributed by atoms with Crippen LogP contribution in [0.3, 0.4) is 0 Å². The van der Waals surface area contributed by atoms with Crippen LogP contribution in [0.25, 0.3) is 0 Å². The number of aliphatic hydroxyl groups is 2. The average molecular weight is 410 g/mol. The standard InChI is InChI=1S/C24H31N3O3/c1-15-19-12-24(30)22-10-17-4-5-18(29)11-20(17)23(24,6-7-26(22)14-16-2-3-16)13-21(19)27(25-15)8-9-28/h4-5,11,16,22,28-30H,2-3,6-10,12-14H2,1H3/t22-,23-,24-/m1/s1. The second kappa shape index (κ2) is 6.31. The summed E-state index contributed by atoms with van der Waals surface area (Å²) < 4.78 is 1.95. The smallest absolute Gasteiger partial charge is 0.115 e. The average Bonchev–Trinajstić information content (AvgIpc) is 3.48. The Morgan fingerprint density at radius 1 is 1.23 bits per heavy atom. The fourth-order valence-corrected chi connectivity index (χ4v) is 6.79. The summed E-state index contributed by atoms with van der Waals surface area (Å²) in [4.78, 5) is 2.56. The lowest BCUT2D eigenvalue weighted by Gasteiger charge is -2.63. The number of piperidine rings is 1. The molecule has 3 N–H and O–H groups in total. The highest BCUT2D eigenvalue weighted by Crippen LogP contribution is 2.58. The van der Waals surface area contributed by atoms with Gasteiger partial charge >= 0.3 is 0 Å². The molecule has 0 unspecified atom stereocenters. The number of fused-ring (bicyclic) bond motifs is 2. The van der Waals surface area contributed by atoms with E-state index in [1.54, 1.807) is 6.07 Å². The van der Waals surface area contributed by atoms with Gasteiger partial charge in [-0.05, 0) is 73.9 Å². The Balaban J connectivity index is 1.54. The summed E-state index contributed by atoms with van der Waals surface area (Å²) in [7, 11) is 0. The van der Waals surface area contributed by atoms with Crippen LogP contribution in [0.1, 0.15) is 47.3 Å². The third-order valence-electron chi connectivity index (χ3n) is 8.45. The summed E-state index contributed by atoms with van der Waals surface area (Å²) in [6, 6.07) is 5.84. The molecule has 6 nitrogen and oxygen atoms in total. The van der Waals surface area contributed by atoms with Gasteiger partial charge in [-0.15, -0.1) is 0 Å². The van der Waals surface area contributed by atoms with Crippen molar-refractivity contribution in [3.8, 4) is 5.75 Å². The van der Waals surface area contributed by atoms with Crippen LogP contribution in [0.4, 0.5) is 0 Å². The molecule has 2 heterocycles. The predicted octanol–water partition coefficient (Wildman–Crippen LogP) is 1.70. The van der Waals surface area contributed by atoms with E-state index >= 15 is 0 Å². The minimum absolute atomic E-state index is 0.0555. The van der Waals surface area contributed by atoms with Crippen molar-refractivity contribution in [3.05, 3.63) is 46.3 Å². The van der Waals surface area contributed by atoms with Gasteiger partial charge in [0.05, 0.1) is 24.4 Å². The van der Waals surface area contributed by atoms with Crippen molar-refractivity contribution in [2.75, 3.05) is 19.7 Å². The Morgan fingerprint density at radius 3 is 2.83 bits per heavy atom. The van der Waals surface area contributed by atoms with E-state index in [2.05, 4.69) is 11.0 Å². The number of likely N-dealkylation sites (tertiary alicyclic amines) is 1. The number of aromatic nitrogens is 2. The number of aryl methyl sites for hydroxylation is 1. The molecule has 3 atom stereocenters. The zero-order valence-corrected chi connectivity index (χ0v) is 17.6. The lowest BCUT2D eigenvalue weighted by Crippen LogP contribution is -2.74. The van der Waals surface area contributed by atoms with E-state index in [0.29, 0.717) is 19.4 Å². The molecule has 2 fully saturated rings. The molecule has 1 saturated heterocycles. The van der Waals surface area contributed by atoms with Crippen LogP contribution >= 0.6 is 0 Å². The van der Waals surface area contributed by atoms with E-state index in [1.807, 2.05) is 17.7 Å². The fraction of sp³-hybridized carbons (Fsp3) is 0.625. The molecule has 1 aliphatic heterocycles. The first-order chi connectivity index (χ1) is 14.4. The zero-order chi connectivity index (χ0) is 20.7. The number of phenolic OH excluding ortho intramolecular Hbond substituents is 1. The molecule has 160 valence electrons. The van der Waals surface area contributed by atoms with Crippen molar-refractivity contribution in [1.29, 1.82) is 0 Å². The van der Waals surface area contributed by atoms with E-state index < -0.39 is 11.0 Å². The second-order valence-electron chi connectivity index (χ2n) is 10.1. The van der Waals surface area contributed by atoms with E-state index in [0.717, 1.165) is 54.4 Å². The maximum Gasteiger partial charge on any atom is 0.115 e. The summed E-state index contributed by atoms with van der Waals surface area (Å²) in [5.74, 6) is 1.06. The van der Waals surface area contributed by atoms with Crippen molar-refractivity contribution >= 4 is 0 Å². The van der Waals surface area contributed by atoms with Crippen molar-refractivity contribution in [2.45, 2.75) is 69.1 Å². The van der Waals surface area contributed by atoms with Gasteiger partial charge < -0.3 is 15.3 Å². The second-order valence-corrected chi connectivity index (χ2v) is 10.1. The Kier molecular flexibility index (Phi) is 3.97. The summed E-state index contributed by atoms with van der Waals surface area (Å²) in [5, 5.41) is 37.1. The number of hydrogen-bond acceptors (Lipinski definition) is 5. The van der Waals surface area contributed by atoms with Gasteiger partial charge in [0.15, 0.2) is 0 Å². The Labute approximate surface area is 177 Å². The monoisotopic (exact) mass is 409 g/mol. The number of hydrogen-bond donors (Lipinski definition) is 3. The van der Waals surface area contributed by atoms with Crippen LogP contribution in [-0.4, -0.2) is 61.3 Å². The number of phenols is 1. The molecule has 0 radical (unpaired) electrons. The highest BCUT2D eigenvalue weighted by atomic mass is 16.3. The van der Waals surface area contributed by atoms with Crippen LogP contribution in [-0.2, 0) is 31.2 Å². The number of nitrogens with zero attached hydrogens (tertiary/aromatic N) is 3. The quantitative estimate of drug-likeness (QED) is 0.716. The van der Waals surface area contributed by atoms with Gasteiger partial charge in [0, 0.05) is 36.5 Å². The molecule has 6 rings (SSSR count). The lowest BCUT2D eigenvalue weighted by atomic mass is 9.49. The van der Waals surface area contributed by atoms with Crippen molar-refractivity contribution < 1.29 is 15.3 Å². The Hall–Kier alpha value is -1.89. The molecule has 1 saturated carbocycles. The number of aromatic hydroxyl groups is 1. The van der Waals surface area contributed by atoms with Gasteiger partial charge in [-0.2, -0.15) is 5.10 Å². The SMILES string of the molecule is Cc1nn(CCO)c2c1C[C@@]1(O)[C@H]3Cc4ccc(O)cc4[C@@]1(CCN3CC1CC1)C2. The molecule has 3 aliphatic carbocycles. The Bertz CT molecular complexity index is 1010. The molecule has 6 heteroatoms. The first kappa shape index (κ1) is 18.8. The highest BCUT2D eigenvalue weighted by Gasteiger charge is 2.65. The fourth-order valence-electron chi connectivity index (χ4n) is 6.79. The van der Waals surface area contributed by atoms with E-state index in [4.69, 9.17) is 5.10 Å². The molecule has 4 aliphatic rings. The molecular weight excluding hydrogens is 378 g/mol. The van der Waals surface area contributed by atoms with E-state index in [1.165, 1.54) is 18.4 Å². The van der Waals surface area contributed by atoms with Crippen molar-refractivity contribution in [1.82, 2.24) is 14.7 Å². The number of rotatable bonds is 4. The van der Waals surface area contributed by atoms with Crippen LogP contribution in [0, 0.1) is 12.8 Å². The summed E-state index contributed by atoms with van der Waals surface area (Å²) in [5.41, 5.74) is 4.36. The molecule has 0 spiro atoms. The third-order valence-corrected chi connectivity index (χ3v) is 8.45. The first-order valence-corrected chi connectivity index (χ1v) is 11.4. The molecule has 1 aromatic heterocycles. The molecule has 1 aromatic carbocycles. The minimum Gasteiger partial charge on any atom is -0.508 e. The van der Waals surface area contributed by atoms with Crippen molar-refractivity contribution in [2.24, 2.45) is 5.92 Å². The van der Waals surface area contributed by atoms with Crippen molar-refractivity contribution in [3.63, 3.8) is 0 Å². The van der Waals surface area contributed by atoms with Crippen LogP contribution < -0.4 is 0 Å². The lowest BCUT2D eigenvalue weighted by molar-refractivity contribution is -0.152. The van der Waals surface area contributed by atoms with Gasteiger partial charge in [0.2, 0.25) is 0 Å². The number of aliphatic hydroxyl groups excluding tert-OH is 1. The topological polar surface area (TPSA) is 81.8 Å². The zero-order valence-electron chi connectivity index (χ0n) is 17.6. The van der Waals surface area contributed by atoms with Crippen LogP contribution in [0.5, 0.6) is 5.75 Å². The summed E-state index contributed by atoms with van der Waals surface area (Å²) in [6.45, 7) is 4.64. The normalized spacial score (nSPS) is 32.4. The van der Waals surface area contributed by atoms with E-state index in [-0.39, 0.29) is 18.4 Å². The largest absolute Gasteiger partial charge is 0.508 e. The van der Waals surface area contributed by atoms with Gasteiger partial charge in [0.25, 0.3) is 0 Å². The third kappa shape index (κ3) is 2.44. The van der Waals surface area contributed by atoms with Crippen LogP contribution in [0.15, 0.2) is 18.2 Å². The predicted molar refractivity (Wildman–Crippen MR) is 113 cm³/mol. The molecular formula is C24H31N3O3. The van der Waals surface area contributed by atoms with Gasteiger partial charge in [0.1, 0.15) is 5.75 Å². The Morgan fingerprint density at radius 2 is 2.07 bits per heavy atom. The summed E-state index contributed by atoms with van der Waals surface area (Å²) >= 11 is 0. The van der Waals surface area contributed by atoms with Gasteiger partial charge in [-0.25, -0.2) is 0 Å². The molecule has 2 aromatic rings.